The van der Waals surface area contributed by atoms with Crippen molar-refractivity contribution in [1.29, 1.82) is 0 Å². The Balaban J connectivity index is 1.99. The van der Waals surface area contributed by atoms with E-state index in [1.807, 2.05) is 6.07 Å². The van der Waals surface area contributed by atoms with E-state index in [-0.39, 0.29) is 23.9 Å². The number of benzene rings is 1. The van der Waals surface area contributed by atoms with Gasteiger partial charge in [-0.15, -0.1) is 0 Å². The molecule has 6 heteroatoms. The Hall–Kier alpha value is -2.89. The van der Waals surface area contributed by atoms with Crippen molar-refractivity contribution in [3.63, 3.8) is 0 Å². The molecule has 132 valence electrons. The van der Waals surface area contributed by atoms with Gasteiger partial charge >= 0.3 is 5.97 Å². The van der Waals surface area contributed by atoms with E-state index in [9.17, 15) is 14.4 Å². The summed E-state index contributed by atoms with van der Waals surface area (Å²) in [5.41, 5.74) is 1.97. The van der Waals surface area contributed by atoms with Crippen LogP contribution in [-0.4, -0.2) is 35.2 Å². The van der Waals surface area contributed by atoms with Gasteiger partial charge in [0.25, 0.3) is 0 Å². The summed E-state index contributed by atoms with van der Waals surface area (Å²) in [4.78, 5) is 38.9. The van der Waals surface area contributed by atoms with Crippen LogP contribution in [-0.2, 0) is 9.53 Å². The fourth-order valence-electron chi connectivity index (χ4n) is 2.67. The average molecular weight is 343 g/mol. The second-order valence-corrected chi connectivity index (χ2v) is 5.78. The number of carbonyl (C=O) groups is 3. The lowest BCUT2D eigenvalue weighted by Crippen LogP contribution is -2.28. The van der Waals surface area contributed by atoms with Gasteiger partial charge < -0.3 is 14.5 Å². The van der Waals surface area contributed by atoms with E-state index >= 15 is 0 Å². The Morgan fingerprint density at radius 3 is 2.32 bits per heavy atom. The number of carbonyl (C=O) groups excluding carboxylic acids is 3. The molecule has 0 aliphatic heterocycles. The summed E-state index contributed by atoms with van der Waals surface area (Å²) >= 11 is 0. The van der Waals surface area contributed by atoms with Crippen molar-refractivity contribution in [2.24, 2.45) is 0 Å². The van der Waals surface area contributed by atoms with E-state index < -0.39 is 12.1 Å². The van der Waals surface area contributed by atoms with Gasteiger partial charge in [-0.2, -0.15) is 0 Å². The molecular weight excluding hydrogens is 322 g/mol. The molecule has 0 spiro atoms. The zero-order valence-electron chi connectivity index (χ0n) is 14.7. The van der Waals surface area contributed by atoms with Crippen LogP contribution in [0.2, 0.25) is 0 Å². The Morgan fingerprint density at radius 2 is 1.76 bits per heavy atom. The van der Waals surface area contributed by atoms with Gasteiger partial charge in [-0.25, -0.2) is 4.79 Å². The molecule has 0 aliphatic rings. The highest BCUT2D eigenvalue weighted by Gasteiger charge is 2.26. The Bertz CT molecular complexity index is 792. The SMILES string of the molecule is CC(=O)c1c(C)[nH]c(C(=O)[C@@H](C)OC(=O)COc2ccccc2)c1C. The van der Waals surface area contributed by atoms with Crippen molar-refractivity contribution in [3.05, 3.63) is 52.8 Å². The lowest BCUT2D eigenvalue weighted by molar-refractivity contribution is -0.148. The minimum absolute atomic E-state index is 0.119. The molecule has 0 amide bonds. The number of aromatic nitrogens is 1. The Morgan fingerprint density at radius 1 is 1.12 bits per heavy atom. The van der Waals surface area contributed by atoms with Crippen LogP contribution < -0.4 is 4.74 Å². The van der Waals surface area contributed by atoms with Crippen molar-refractivity contribution in [1.82, 2.24) is 4.98 Å². The lowest BCUT2D eigenvalue weighted by atomic mass is 10.0. The van der Waals surface area contributed by atoms with Gasteiger partial charge in [0.2, 0.25) is 5.78 Å². The van der Waals surface area contributed by atoms with Gasteiger partial charge in [0.1, 0.15) is 5.75 Å². The van der Waals surface area contributed by atoms with Crippen LogP contribution in [0.25, 0.3) is 0 Å². The number of aryl methyl sites for hydroxylation is 1. The number of hydrogen-bond donors (Lipinski definition) is 1. The van der Waals surface area contributed by atoms with E-state index in [4.69, 9.17) is 9.47 Å². The molecule has 1 aromatic heterocycles. The van der Waals surface area contributed by atoms with E-state index in [1.165, 1.54) is 13.8 Å². The Kier molecular flexibility index (Phi) is 5.75. The molecule has 6 nitrogen and oxygen atoms in total. The van der Waals surface area contributed by atoms with Crippen LogP contribution in [0.3, 0.4) is 0 Å². The van der Waals surface area contributed by atoms with Gasteiger partial charge in [-0.05, 0) is 45.4 Å². The fourth-order valence-corrected chi connectivity index (χ4v) is 2.67. The predicted molar refractivity (Wildman–Crippen MR) is 92.1 cm³/mol. The largest absolute Gasteiger partial charge is 0.482 e. The number of ether oxygens (including phenoxy) is 2. The third-order valence-corrected chi connectivity index (χ3v) is 3.81. The zero-order chi connectivity index (χ0) is 18.6. The van der Waals surface area contributed by atoms with Crippen LogP contribution in [0.15, 0.2) is 30.3 Å². The molecule has 0 radical (unpaired) electrons. The van der Waals surface area contributed by atoms with Crippen LogP contribution in [0.4, 0.5) is 0 Å². The van der Waals surface area contributed by atoms with Crippen molar-refractivity contribution in [2.45, 2.75) is 33.8 Å². The van der Waals surface area contributed by atoms with Crippen LogP contribution in [0.5, 0.6) is 5.75 Å². The highest BCUT2D eigenvalue weighted by Crippen LogP contribution is 2.20. The van der Waals surface area contributed by atoms with Crippen LogP contribution >= 0.6 is 0 Å². The molecule has 0 saturated heterocycles. The summed E-state index contributed by atoms with van der Waals surface area (Å²) in [6, 6.07) is 8.85. The van der Waals surface area contributed by atoms with Gasteiger partial charge in [0.05, 0.1) is 5.69 Å². The third-order valence-electron chi connectivity index (χ3n) is 3.81. The van der Waals surface area contributed by atoms with Crippen molar-refractivity contribution in [2.75, 3.05) is 6.61 Å². The Labute approximate surface area is 146 Å². The molecular formula is C19H21NO5. The number of esters is 1. The highest BCUT2D eigenvalue weighted by molar-refractivity contribution is 6.05. The number of H-pyrrole nitrogens is 1. The van der Waals surface area contributed by atoms with E-state index in [2.05, 4.69) is 4.98 Å². The molecule has 1 heterocycles. The quantitative estimate of drug-likeness (QED) is 0.617. The summed E-state index contributed by atoms with van der Waals surface area (Å²) in [6.45, 7) is 6.07. The maximum atomic E-state index is 12.5. The first-order valence-electron chi connectivity index (χ1n) is 7.93. The van der Waals surface area contributed by atoms with Gasteiger partial charge in [-0.3, -0.25) is 9.59 Å². The fraction of sp³-hybridized carbons (Fsp3) is 0.316. The van der Waals surface area contributed by atoms with Crippen molar-refractivity contribution < 1.29 is 23.9 Å². The number of Topliss-reactive ketones (excluding diaryl/α,β-unsaturated/α-hetero) is 2. The van der Waals surface area contributed by atoms with Crippen molar-refractivity contribution >= 4 is 17.5 Å². The minimum Gasteiger partial charge on any atom is -0.482 e. The molecule has 0 unspecified atom stereocenters. The van der Waals surface area contributed by atoms with Gasteiger partial charge in [0.15, 0.2) is 18.5 Å². The molecule has 2 rings (SSSR count). The van der Waals surface area contributed by atoms with Gasteiger partial charge in [-0.1, -0.05) is 18.2 Å². The molecule has 25 heavy (non-hydrogen) atoms. The molecule has 2 aromatic rings. The molecule has 0 aliphatic carbocycles. The molecule has 1 aromatic carbocycles. The molecule has 1 N–H and O–H groups in total. The zero-order valence-corrected chi connectivity index (χ0v) is 14.7. The molecule has 0 saturated carbocycles. The topological polar surface area (TPSA) is 85.5 Å². The number of rotatable bonds is 7. The first-order chi connectivity index (χ1) is 11.8. The number of para-hydroxylation sites is 1. The number of ketones is 2. The lowest BCUT2D eigenvalue weighted by Gasteiger charge is -2.12. The standard InChI is InChI=1S/C19H21NO5/c1-11-17(13(3)21)12(2)20-18(11)19(23)14(4)25-16(22)10-24-15-8-6-5-7-9-15/h5-9,14,20H,10H2,1-4H3/t14-/m1/s1. The first kappa shape index (κ1) is 18.4. The maximum Gasteiger partial charge on any atom is 0.344 e. The van der Waals surface area contributed by atoms with E-state index in [0.717, 1.165) is 0 Å². The van der Waals surface area contributed by atoms with Gasteiger partial charge in [0, 0.05) is 11.3 Å². The summed E-state index contributed by atoms with van der Waals surface area (Å²) in [5.74, 6) is -0.606. The highest BCUT2D eigenvalue weighted by atomic mass is 16.6. The van der Waals surface area contributed by atoms with Crippen LogP contribution in [0, 0.1) is 13.8 Å². The summed E-state index contributed by atoms with van der Waals surface area (Å²) in [7, 11) is 0. The van der Waals surface area contributed by atoms with E-state index in [1.54, 1.807) is 38.1 Å². The molecule has 1 atom stereocenters. The van der Waals surface area contributed by atoms with Crippen molar-refractivity contribution in [3.8, 4) is 5.75 Å². The second kappa shape index (κ2) is 7.79. The molecule has 0 bridgehead atoms. The number of hydrogen-bond acceptors (Lipinski definition) is 5. The minimum atomic E-state index is -0.983. The predicted octanol–water partition coefficient (Wildman–Crippen LogP) is 3.03. The average Bonchev–Trinajstić information content (AvgIpc) is 2.87. The maximum absolute atomic E-state index is 12.5. The van der Waals surface area contributed by atoms with E-state index in [0.29, 0.717) is 22.6 Å². The smallest absolute Gasteiger partial charge is 0.344 e. The summed E-state index contributed by atoms with van der Waals surface area (Å²) < 4.78 is 10.4. The number of aromatic amines is 1. The second-order valence-electron chi connectivity index (χ2n) is 5.78. The third kappa shape index (κ3) is 4.35. The summed E-state index contributed by atoms with van der Waals surface area (Å²) in [6.07, 6.45) is -0.983. The normalized spacial score (nSPS) is 11.7. The summed E-state index contributed by atoms with van der Waals surface area (Å²) in [5, 5.41) is 0. The monoisotopic (exact) mass is 343 g/mol. The molecule has 0 fully saturated rings. The first-order valence-corrected chi connectivity index (χ1v) is 7.93. The van der Waals surface area contributed by atoms with Crippen LogP contribution in [0.1, 0.15) is 46.0 Å². The number of nitrogens with one attached hydrogen (secondary N) is 1.